The van der Waals surface area contributed by atoms with Gasteiger partial charge in [-0.2, -0.15) is 5.10 Å². The molecular weight excluding hydrogens is 352 g/mol. The van der Waals surface area contributed by atoms with Crippen molar-refractivity contribution in [2.24, 2.45) is 7.05 Å². The summed E-state index contributed by atoms with van der Waals surface area (Å²) in [6.07, 6.45) is 1.39. The van der Waals surface area contributed by atoms with E-state index >= 15 is 0 Å². The Bertz CT molecular complexity index is 1070. The minimum absolute atomic E-state index is 0.0182. The summed E-state index contributed by atoms with van der Waals surface area (Å²) < 4.78 is 30.1. The Hall–Kier alpha value is -2.16. The zero-order valence-corrected chi connectivity index (χ0v) is 14.6. The number of hydrogen-bond donors (Lipinski definition) is 1. The Morgan fingerprint density at radius 1 is 1.25 bits per heavy atom. The van der Waals surface area contributed by atoms with Crippen LogP contribution < -0.4 is 10.3 Å². The first-order chi connectivity index (χ1) is 11.3. The van der Waals surface area contributed by atoms with Crippen LogP contribution in [0.3, 0.4) is 0 Å². The predicted octanol–water partition coefficient (Wildman–Crippen LogP) is 1.47. The van der Waals surface area contributed by atoms with Gasteiger partial charge in [-0.25, -0.2) is 17.8 Å². The van der Waals surface area contributed by atoms with Gasteiger partial charge in [-0.3, -0.25) is 9.20 Å². The van der Waals surface area contributed by atoms with Crippen LogP contribution in [0.2, 0.25) is 5.02 Å². The van der Waals surface area contributed by atoms with Gasteiger partial charge in [-0.05, 0) is 30.7 Å². The van der Waals surface area contributed by atoms with E-state index in [1.807, 2.05) is 0 Å². The van der Waals surface area contributed by atoms with Crippen LogP contribution in [0.5, 0.6) is 0 Å². The van der Waals surface area contributed by atoms with Crippen LogP contribution in [-0.2, 0) is 23.6 Å². The molecule has 24 heavy (non-hydrogen) atoms. The second-order valence-electron chi connectivity index (χ2n) is 5.36. The van der Waals surface area contributed by atoms with E-state index in [4.69, 9.17) is 11.6 Å². The second kappa shape index (κ2) is 6.04. The predicted molar refractivity (Wildman–Crippen MR) is 90.6 cm³/mol. The molecule has 0 unspecified atom stereocenters. The molecule has 126 valence electrons. The van der Waals surface area contributed by atoms with E-state index < -0.39 is 10.0 Å². The van der Waals surface area contributed by atoms with Crippen LogP contribution in [0.4, 0.5) is 0 Å². The van der Waals surface area contributed by atoms with E-state index in [-0.39, 0.29) is 22.5 Å². The topological polar surface area (TPSA) is 85.5 Å². The Labute approximate surface area is 143 Å². The molecule has 1 aromatic carbocycles. The Morgan fingerprint density at radius 2 is 1.92 bits per heavy atom. The number of fused-ring (bicyclic) bond motifs is 1. The molecule has 7 nitrogen and oxygen atoms in total. The summed E-state index contributed by atoms with van der Waals surface area (Å²) in [6.45, 7) is 1.82. The van der Waals surface area contributed by atoms with Gasteiger partial charge < -0.3 is 0 Å². The molecule has 0 aliphatic heterocycles. The lowest BCUT2D eigenvalue weighted by Crippen LogP contribution is -2.23. The summed E-state index contributed by atoms with van der Waals surface area (Å²) in [5, 5.41) is 4.62. The quantitative estimate of drug-likeness (QED) is 0.757. The number of hydrogen-bond acceptors (Lipinski definition) is 4. The third kappa shape index (κ3) is 3.08. The van der Waals surface area contributed by atoms with Gasteiger partial charge >= 0.3 is 0 Å². The molecule has 0 bridgehead atoms. The van der Waals surface area contributed by atoms with E-state index in [0.717, 1.165) is 5.56 Å². The smallest absolute Gasteiger partial charge is 0.290 e. The van der Waals surface area contributed by atoms with Crippen LogP contribution in [0.25, 0.3) is 5.52 Å². The molecule has 3 rings (SSSR count). The van der Waals surface area contributed by atoms with Crippen molar-refractivity contribution in [3.8, 4) is 0 Å². The molecule has 3 aromatic rings. The molecule has 0 aliphatic rings. The number of halogens is 1. The molecule has 0 saturated heterocycles. The van der Waals surface area contributed by atoms with Crippen molar-refractivity contribution in [3.05, 3.63) is 63.3 Å². The normalized spacial score (nSPS) is 12.0. The fraction of sp³-hybridized carbons (Fsp3) is 0.200. The minimum Gasteiger partial charge on any atom is -0.298 e. The van der Waals surface area contributed by atoms with Gasteiger partial charge in [0.15, 0.2) is 0 Å². The summed E-state index contributed by atoms with van der Waals surface area (Å²) in [6, 6.07) is 8.21. The highest BCUT2D eigenvalue weighted by molar-refractivity contribution is 7.89. The van der Waals surface area contributed by atoms with Gasteiger partial charge in [-0.1, -0.05) is 23.7 Å². The molecule has 1 N–H and O–H groups in total. The highest BCUT2D eigenvalue weighted by Crippen LogP contribution is 2.15. The molecule has 0 atom stereocenters. The third-order valence-corrected chi connectivity index (χ3v) is 5.26. The zero-order chi connectivity index (χ0) is 17.5. The third-order valence-electron chi connectivity index (χ3n) is 3.64. The molecule has 2 aromatic heterocycles. The largest absolute Gasteiger partial charge is 0.298 e. The van der Waals surface area contributed by atoms with Gasteiger partial charge in [0.25, 0.3) is 5.56 Å². The number of nitrogens with zero attached hydrogens (tertiary/aromatic N) is 3. The maximum absolute atomic E-state index is 12.5. The minimum atomic E-state index is -3.76. The molecule has 0 saturated carbocycles. The van der Waals surface area contributed by atoms with Crippen molar-refractivity contribution in [1.82, 2.24) is 18.9 Å². The fourth-order valence-electron chi connectivity index (χ4n) is 2.36. The summed E-state index contributed by atoms with van der Waals surface area (Å²) in [7, 11) is -2.23. The molecule has 0 aliphatic carbocycles. The standard InChI is InChI=1S/C15H15ClN4O3S/c1-10-18-19(2)15(21)14-7-13(9-20(10)14)24(22,23)17-8-11-3-5-12(16)6-4-11/h3-7,9,17H,8H2,1-2H3. The highest BCUT2D eigenvalue weighted by Gasteiger charge is 2.18. The van der Waals surface area contributed by atoms with Gasteiger partial charge in [0.05, 0.1) is 0 Å². The van der Waals surface area contributed by atoms with Crippen molar-refractivity contribution in [3.63, 3.8) is 0 Å². The Kier molecular flexibility index (Phi) is 4.20. The molecule has 0 amide bonds. The molecule has 2 heterocycles. The number of sulfonamides is 1. The van der Waals surface area contributed by atoms with Gasteiger partial charge in [0.2, 0.25) is 10.0 Å². The van der Waals surface area contributed by atoms with E-state index in [2.05, 4.69) is 9.82 Å². The van der Waals surface area contributed by atoms with Crippen LogP contribution >= 0.6 is 11.6 Å². The maximum Gasteiger partial charge on any atom is 0.290 e. The van der Waals surface area contributed by atoms with E-state index in [9.17, 15) is 13.2 Å². The SMILES string of the molecule is Cc1nn(C)c(=O)c2cc(S(=O)(=O)NCc3ccc(Cl)cc3)cn12. The van der Waals surface area contributed by atoms with Crippen molar-refractivity contribution in [2.75, 3.05) is 0 Å². The Morgan fingerprint density at radius 3 is 2.58 bits per heavy atom. The molecule has 9 heteroatoms. The van der Waals surface area contributed by atoms with Crippen LogP contribution in [0.15, 0.2) is 46.2 Å². The van der Waals surface area contributed by atoms with Gasteiger partial charge in [-0.15, -0.1) is 0 Å². The van der Waals surface area contributed by atoms with Gasteiger partial charge in [0.1, 0.15) is 16.2 Å². The second-order valence-corrected chi connectivity index (χ2v) is 7.56. The number of aryl methyl sites for hydroxylation is 2. The maximum atomic E-state index is 12.5. The first-order valence-corrected chi connectivity index (χ1v) is 8.94. The molecule has 0 fully saturated rings. The summed E-state index contributed by atoms with van der Waals surface area (Å²) in [5.74, 6) is 0.520. The lowest BCUT2D eigenvalue weighted by molar-refractivity contribution is 0.581. The van der Waals surface area contributed by atoms with Crippen LogP contribution in [-0.4, -0.2) is 22.6 Å². The number of nitrogens with one attached hydrogen (secondary N) is 1. The number of benzene rings is 1. The summed E-state index contributed by atoms with van der Waals surface area (Å²) in [4.78, 5) is 12.1. The monoisotopic (exact) mass is 366 g/mol. The zero-order valence-electron chi connectivity index (χ0n) is 13.0. The first-order valence-electron chi connectivity index (χ1n) is 7.08. The highest BCUT2D eigenvalue weighted by atomic mass is 35.5. The lowest BCUT2D eigenvalue weighted by atomic mass is 10.2. The Balaban J connectivity index is 1.93. The number of aromatic nitrogens is 3. The fourth-order valence-corrected chi connectivity index (χ4v) is 3.52. The van der Waals surface area contributed by atoms with Crippen LogP contribution in [0, 0.1) is 6.92 Å². The molecular formula is C15H15ClN4O3S. The first kappa shape index (κ1) is 16.7. The van der Waals surface area contributed by atoms with E-state index in [1.165, 1.54) is 28.4 Å². The molecule has 0 spiro atoms. The van der Waals surface area contributed by atoms with Crippen molar-refractivity contribution < 1.29 is 8.42 Å². The lowest BCUT2D eigenvalue weighted by Gasteiger charge is -2.05. The average Bonchev–Trinajstić information content (AvgIpc) is 2.99. The van der Waals surface area contributed by atoms with Gasteiger partial charge in [0, 0.05) is 24.8 Å². The average molecular weight is 367 g/mol. The van der Waals surface area contributed by atoms with Crippen molar-refractivity contribution in [1.29, 1.82) is 0 Å². The van der Waals surface area contributed by atoms with E-state index in [0.29, 0.717) is 10.8 Å². The number of rotatable bonds is 4. The molecule has 0 radical (unpaired) electrons. The summed E-state index contributed by atoms with van der Waals surface area (Å²) in [5.41, 5.74) is 0.678. The van der Waals surface area contributed by atoms with Crippen molar-refractivity contribution in [2.45, 2.75) is 18.4 Å². The van der Waals surface area contributed by atoms with Crippen molar-refractivity contribution >= 4 is 27.1 Å². The van der Waals surface area contributed by atoms with Crippen LogP contribution in [0.1, 0.15) is 11.4 Å². The summed E-state index contributed by atoms with van der Waals surface area (Å²) >= 11 is 5.81. The van der Waals surface area contributed by atoms with E-state index in [1.54, 1.807) is 31.2 Å².